The summed E-state index contributed by atoms with van der Waals surface area (Å²) < 4.78 is 8.47. The Morgan fingerprint density at radius 1 is 1.28 bits per heavy atom. The molecule has 0 atom stereocenters. The predicted molar refractivity (Wildman–Crippen MR) is 106 cm³/mol. The Balaban J connectivity index is 1.47. The van der Waals surface area contributed by atoms with Gasteiger partial charge in [0.05, 0.1) is 33.5 Å². The molecule has 1 N–H and O–H groups in total. The van der Waals surface area contributed by atoms with Crippen LogP contribution in [0.25, 0.3) is 10.9 Å². The lowest BCUT2D eigenvalue weighted by atomic mass is 10.1. The van der Waals surface area contributed by atoms with Crippen LogP contribution in [0.4, 0.5) is 5.69 Å². The second kappa shape index (κ2) is 7.16. The molecule has 29 heavy (non-hydrogen) atoms. The molecule has 0 saturated heterocycles. The first kappa shape index (κ1) is 18.9. The quantitative estimate of drug-likeness (QED) is 0.671. The van der Waals surface area contributed by atoms with Crippen molar-refractivity contribution in [3.8, 4) is 0 Å². The van der Waals surface area contributed by atoms with Crippen LogP contribution in [0.1, 0.15) is 34.0 Å². The topological polar surface area (TPSA) is 108 Å². The van der Waals surface area contributed by atoms with Gasteiger partial charge in [-0.3, -0.25) is 18.8 Å². The van der Waals surface area contributed by atoms with E-state index in [4.69, 9.17) is 4.74 Å². The van der Waals surface area contributed by atoms with Gasteiger partial charge in [0.2, 0.25) is 0 Å². The molecule has 0 aliphatic carbocycles. The highest BCUT2D eigenvalue weighted by molar-refractivity contribution is 5.97. The Kier molecular flexibility index (Phi) is 4.65. The molecule has 1 aliphatic heterocycles. The lowest BCUT2D eigenvalue weighted by Gasteiger charge is -2.08. The third-order valence-electron chi connectivity index (χ3n) is 5.16. The van der Waals surface area contributed by atoms with Gasteiger partial charge in [-0.05, 0) is 38.5 Å². The van der Waals surface area contributed by atoms with Gasteiger partial charge in [-0.15, -0.1) is 0 Å². The molecule has 9 heteroatoms. The minimum absolute atomic E-state index is 0.0935. The number of aromatic nitrogens is 4. The van der Waals surface area contributed by atoms with Gasteiger partial charge in [-0.25, -0.2) is 9.78 Å². The van der Waals surface area contributed by atoms with E-state index in [0.717, 1.165) is 24.4 Å². The van der Waals surface area contributed by atoms with Crippen LogP contribution in [0.3, 0.4) is 0 Å². The van der Waals surface area contributed by atoms with Crippen molar-refractivity contribution in [2.24, 2.45) is 7.05 Å². The minimum atomic E-state index is -0.649. The van der Waals surface area contributed by atoms with Crippen molar-refractivity contribution in [1.82, 2.24) is 19.3 Å². The standard InChI is InChI=1S/C20H21N5O4/c1-11-18(12(2)24(3)23-11)22-17(26)10-29-20(28)13-6-7-14-15(9-13)21-16-5-4-8-25(16)19(14)27/h6-7,9H,4-5,8,10H2,1-3H3,(H,22,26). The van der Waals surface area contributed by atoms with Gasteiger partial charge in [0.15, 0.2) is 6.61 Å². The van der Waals surface area contributed by atoms with E-state index in [0.29, 0.717) is 28.8 Å². The fraction of sp³-hybridized carbons (Fsp3) is 0.350. The second-order valence-electron chi connectivity index (χ2n) is 7.11. The van der Waals surface area contributed by atoms with Gasteiger partial charge in [0.1, 0.15) is 5.82 Å². The van der Waals surface area contributed by atoms with Crippen molar-refractivity contribution in [3.63, 3.8) is 0 Å². The molecule has 1 aromatic carbocycles. The van der Waals surface area contributed by atoms with E-state index in [1.807, 2.05) is 6.92 Å². The predicted octanol–water partition coefficient (Wildman–Crippen LogP) is 1.49. The van der Waals surface area contributed by atoms with Crippen molar-refractivity contribution >= 4 is 28.5 Å². The average molecular weight is 395 g/mol. The second-order valence-corrected chi connectivity index (χ2v) is 7.11. The molecule has 0 unspecified atom stereocenters. The first-order valence-electron chi connectivity index (χ1n) is 9.36. The smallest absolute Gasteiger partial charge is 0.338 e. The van der Waals surface area contributed by atoms with Crippen LogP contribution in [0.15, 0.2) is 23.0 Å². The van der Waals surface area contributed by atoms with E-state index in [1.54, 1.807) is 29.3 Å². The summed E-state index contributed by atoms with van der Waals surface area (Å²) in [5, 5.41) is 7.41. The van der Waals surface area contributed by atoms with Gasteiger partial charge in [-0.1, -0.05) is 0 Å². The van der Waals surface area contributed by atoms with E-state index in [-0.39, 0.29) is 11.1 Å². The number of amides is 1. The van der Waals surface area contributed by atoms with Crippen LogP contribution in [0.2, 0.25) is 0 Å². The molecule has 1 amide bonds. The molecule has 9 nitrogen and oxygen atoms in total. The number of fused-ring (bicyclic) bond motifs is 2. The summed E-state index contributed by atoms with van der Waals surface area (Å²) in [6.07, 6.45) is 1.63. The summed E-state index contributed by atoms with van der Waals surface area (Å²) in [6, 6.07) is 4.63. The van der Waals surface area contributed by atoms with Gasteiger partial charge in [0, 0.05) is 20.0 Å². The third-order valence-corrected chi connectivity index (χ3v) is 5.16. The number of carbonyl (C=O) groups is 2. The third kappa shape index (κ3) is 3.39. The first-order chi connectivity index (χ1) is 13.8. The summed E-state index contributed by atoms with van der Waals surface area (Å²) in [6.45, 7) is 3.87. The maximum absolute atomic E-state index is 12.5. The van der Waals surface area contributed by atoms with E-state index in [1.165, 1.54) is 12.1 Å². The minimum Gasteiger partial charge on any atom is -0.452 e. The molecule has 2 aromatic heterocycles. The number of nitrogens with zero attached hydrogens (tertiary/aromatic N) is 4. The molecule has 0 saturated carbocycles. The zero-order valence-corrected chi connectivity index (χ0v) is 16.5. The van der Waals surface area contributed by atoms with Gasteiger partial charge in [-0.2, -0.15) is 5.10 Å². The maximum Gasteiger partial charge on any atom is 0.338 e. The molecule has 3 heterocycles. The molecule has 4 rings (SSSR count). The maximum atomic E-state index is 12.5. The highest BCUT2D eigenvalue weighted by atomic mass is 16.5. The van der Waals surface area contributed by atoms with Crippen LogP contribution in [0.5, 0.6) is 0 Å². The summed E-state index contributed by atoms with van der Waals surface area (Å²) >= 11 is 0. The summed E-state index contributed by atoms with van der Waals surface area (Å²) in [5.74, 6) is -0.369. The number of benzene rings is 1. The average Bonchev–Trinajstić information content (AvgIpc) is 3.26. The van der Waals surface area contributed by atoms with Crippen molar-refractivity contribution in [2.45, 2.75) is 33.2 Å². The number of aryl methyl sites for hydroxylation is 3. The van der Waals surface area contributed by atoms with Crippen LogP contribution in [-0.2, 0) is 29.5 Å². The Bertz CT molecular complexity index is 1210. The number of esters is 1. The Hall–Kier alpha value is -3.49. The lowest BCUT2D eigenvalue weighted by molar-refractivity contribution is -0.119. The van der Waals surface area contributed by atoms with Crippen LogP contribution in [0, 0.1) is 13.8 Å². The number of anilines is 1. The van der Waals surface area contributed by atoms with Crippen molar-refractivity contribution in [3.05, 3.63) is 51.3 Å². The van der Waals surface area contributed by atoms with Gasteiger partial charge >= 0.3 is 5.97 Å². The Morgan fingerprint density at radius 3 is 2.79 bits per heavy atom. The zero-order valence-electron chi connectivity index (χ0n) is 16.5. The fourth-order valence-corrected chi connectivity index (χ4v) is 3.56. The van der Waals surface area contributed by atoms with E-state index < -0.39 is 18.5 Å². The number of carbonyl (C=O) groups excluding carboxylic acids is 2. The molecule has 3 aromatic rings. The van der Waals surface area contributed by atoms with Crippen LogP contribution >= 0.6 is 0 Å². The number of nitrogens with one attached hydrogen (secondary N) is 1. The molecular formula is C20H21N5O4. The molecule has 0 spiro atoms. The van der Waals surface area contributed by atoms with E-state index in [2.05, 4.69) is 15.4 Å². The summed E-state index contributed by atoms with van der Waals surface area (Å²) in [5.41, 5.74) is 2.71. The number of rotatable bonds is 4. The number of hydrogen-bond acceptors (Lipinski definition) is 6. The summed E-state index contributed by atoms with van der Waals surface area (Å²) in [4.78, 5) is 41.5. The zero-order chi connectivity index (χ0) is 20.7. The number of ether oxygens (including phenoxy) is 1. The molecule has 1 aliphatic rings. The van der Waals surface area contributed by atoms with Crippen LogP contribution in [-0.4, -0.2) is 37.8 Å². The normalized spacial score (nSPS) is 12.8. The highest BCUT2D eigenvalue weighted by Crippen LogP contribution is 2.19. The largest absolute Gasteiger partial charge is 0.452 e. The molecule has 0 radical (unpaired) electrons. The Morgan fingerprint density at radius 2 is 2.07 bits per heavy atom. The van der Waals surface area contributed by atoms with Crippen molar-refractivity contribution in [2.75, 3.05) is 11.9 Å². The van der Waals surface area contributed by atoms with Crippen molar-refractivity contribution < 1.29 is 14.3 Å². The van der Waals surface area contributed by atoms with Gasteiger partial charge < -0.3 is 10.1 Å². The lowest BCUT2D eigenvalue weighted by Crippen LogP contribution is -2.22. The number of hydrogen-bond donors (Lipinski definition) is 1. The van der Waals surface area contributed by atoms with E-state index in [9.17, 15) is 14.4 Å². The molecule has 0 fully saturated rings. The van der Waals surface area contributed by atoms with Crippen LogP contribution < -0.4 is 10.9 Å². The van der Waals surface area contributed by atoms with Gasteiger partial charge in [0.25, 0.3) is 11.5 Å². The van der Waals surface area contributed by atoms with Crippen molar-refractivity contribution in [1.29, 1.82) is 0 Å². The first-order valence-corrected chi connectivity index (χ1v) is 9.36. The fourth-order valence-electron chi connectivity index (χ4n) is 3.56. The summed E-state index contributed by atoms with van der Waals surface area (Å²) in [7, 11) is 1.78. The molecular weight excluding hydrogens is 374 g/mol. The van der Waals surface area contributed by atoms with E-state index >= 15 is 0 Å². The highest BCUT2D eigenvalue weighted by Gasteiger charge is 2.18. The molecule has 150 valence electrons. The Labute approximate surface area is 166 Å². The molecule has 0 bridgehead atoms. The SMILES string of the molecule is Cc1nn(C)c(C)c1NC(=O)COC(=O)c1ccc2c(=O)n3c(nc2c1)CCC3. The monoisotopic (exact) mass is 395 g/mol.